The molecule has 19 nitrogen and oxygen atoms in total. The van der Waals surface area contributed by atoms with Gasteiger partial charge < -0.3 is 45.1 Å². The molecule has 9 atom stereocenters. The number of nitrogens with zero attached hydrogens (tertiary/aromatic N) is 2. The van der Waals surface area contributed by atoms with Crippen LogP contribution in [0.1, 0.15) is 220 Å². The van der Waals surface area contributed by atoms with Crippen LogP contribution in [-0.4, -0.2) is 96.9 Å². The highest BCUT2D eigenvalue weighted by Gasteiger charge is 2.46. The number of carbonyl (C=O) groups excluding carboxylic acids is 2. The largest absolute Gasteiger partial charge is 0.481 e. The van der Waals surface area contributed by atoms with Gasteiger partial charge in [-0.15, -0.1) is 0 Å². The first-order chi connectivity index (χ1) is 36.5. The number of aliphatic hydroxyl groups is 3. The molecule has 7 N–H and O–H groups in total. The molecule has 21 heteroatoms. The second kappa shape index (κ2) is 41.9. The maximum atomic E-state index is 12.9. The molecule has 2 heterocycles. The van der Waals surface area contributed by atoms with Gasteiger partial charge in [0.1, 0.15) is 30.7 Å². The standard InChI is InChI=1S/C55H97N3O16P2/c1-4-6-7-8-21-26-31-36-46(59)37-32-27-24-29-34-39-51(61)72-47(42-69-50(60)38-33-28-23-20-18-16-14-12-10-9-11-13-15-17-19-22-25-30-35-45(3)5-2)43-70-75(65,66)74-76(67,68)71-44-48-52(62)53(63)54(73-48)58-41-40-49(56)57-55(58)64/h6-7,21,26,31,36,40-41,45-48,52-54,59,62-63H,4-5,8-20,22-25,27-30,32-35,37-39,42-44H2,1-3H3,(H,65,66)(H,67,68)(H2,56,57,64)/b7-6+,26-21+,36-31+/t45?,46?,47-,48-,52-,53-,54-/m1/s1. The molecule has 1 aromatic heterocycles. The fourth-order valence-electron chi connectivity index (χ4n) is 8.59. The molecule has 1 aromatic rings. The van der Waals surface area contributed by atoms with E-state index in [2.05, 4.69) is 42.2 Å². The molecule has 0 aromatic carbocycles. The van der Waals surface area contributed by atoms with Gasteiger partial charge in [0.15, 0.2) is 12.3 Å². The summed E-state index contributed by atoms with van der Waals surface area (Å²) >= 11 is 0. The summed E-state index contributed by atoms with van der Waals surface area (Å²) in [7, 11) is -10.9. The fourth-order valence-corrected chi connectivity index (χ4v) is 10.7. The number of aliphatic hydroxyl groups excluding tert-OH is 3. The Morgan fingerprint density at radius 1 is 0.724 bits per heavy atom. The summed E-state index contributed by atoms with van der Waals surface area (Å²) in [4.78, 5) is 62.1. The van der Waals surface area contributed by atoms with Gasteiger partial charge in [0.2, 0.25) is 0 Å². The molecule has 4 unspecified atom stereocenters. The van der Waals surface area contributed by atoms with Crippen LogP contribution >= 0.6 is 15.6 Å². The highest BCUT2D eigenvalue weighted by Crippen LogP contribution is 2.60. The number of allylic oxidation sites excluding steroid dienone is 5. The van der Waals surface area contributed by atoms with Crippen LogP contribution in [0.3, 0.4) is 0 Å². The predicted octanol–water partition coefficient (Wildman–Crippen LogP) is 11.6. The molecule has 438 valence electrons. The third-order valence-corrected chi connectivity index (χ3v) is 16.0. The van der Waals surface area contributed by atoms with Crippen LogP contribution in [0, 0.1) is 5.92 Å². The average molecular weight is 1120 g/mol. The van der Waals surface area contributed by atoms with Crippen molar-refractivity contribution in [1.29, 1.82) is 0 Å². The van der Waals surface area contributed by atoms with E-state index in [1.165, 1.54) is 102 Å². The molecule has 1 aliphatic heterocycles. The van der Waals surface area contributed by atoms with E-state index in [9.17, 15) is 48.6 Å². The van der Waals surface area contributed by atoms with Crippen LogP contribution in [0.25, 0.3) is 0 Å². The van der Waals surface area contributed by atoms with E-state index in [-0.39, 0.29) is 18.7 Å². The quantitative estimate of drug-likeness (QED) is 0.0116. The third-order valence-electron chi connectivity index (χ3n) is 13.4. The zero-order valence-electron chi connectivity index (χ0n) is 46.1. The topological polar surface area (TPSA) is 286 Å². The van der Waals surface area contributed by atoms with Gasteiger partial charge in [0.25, 0.3) is 0 Å². The highest BCUT2D eigenvalue weighted by atomic mass is 31.3. The zero-order valence-corrected chi connectivity index (χ0v) is 47.9. The lowest BCUT2D eigenvalue weighted by molar-refractivity contribution is -0.161. The summed E-state index contributed by atoms with van der Waals surface area (Å²) in [5.41, 5.74) is 4.59. The van der Waals surface area contributed by atoms with E-state index in [1.807, 2.05) is 18.2 Å². The van der Waals surface area contributed by atoms with Gasteiger partial charge in [-0.2, -0.15) is 9.29 Å². The van der Waals surface area contributed by atoms with Crippen molar-refractivity contribution in [3.8, 4) is 0 Å². The normalized spacial score (nSPS) is 19.8. The number of ether oxygens (including phenoxy) is 3. The van der Waals surface area contributed by atoms with Gasteiger partial charge in [0, 0.05) is 19.0 Å². The first-order valence-corrected chi connectivity index (χ1v) is 31.5. The number of nitrogens with two attached hydrogens (primary N) is 1. The van der Waals surface area contributed by atoms with Crippen molar-refractivity contribution in [2.24, 2.45) is 5.92 Å². The SMILES string of the molecule is CC/C=C/C/C=C/C=C/C(O)CCCCCCCC(=O)O[C@H](COC(=O)CCCCCCCCCCCCCCCCCCCCC(C)CC)COP(=O)(O)OP(=O)(O)OC[C@H]1O[C@@H](n2ccc(N)nc2=O)[C@H](O)[C@@H]1O. The molecular formula is C55H97N3O16P2. The second-order valence-corrected chi connectivity index (χ2v) is 23.3. The average Bonchev–Trinajstić information content (AvgIpc) is 3.66. The molecule has 0 amide bonds. The highest BCUT2D eigenvalue weighted by molar-refractivity contribution is 7.61. The predicted molar refractivity (Wildman–Crippen MR) is 295 cm³/mol. The Balaban J connectivity index is 1.75. The maximum Gasteiger partial charge on any atom is 0.481 e. The Morgan fingerprint density at radius 3 is 1.80 bits per heavy atom. The molecule has 0 bridgehead atoms. The first kappa shape index (κ1) is 69.0. The van der Waals surface area contributed by atoms with Gasteiger partial charge in [0.05, 0.1) is 19.3 Å². The van der Waals surface area contributed by atoms with Crippen LogP contribution in [0.4, 0.5) is 5.82 Å². The van der Waals surface area contributed by atoms with Crippen molar-refractivity contribution >= 4 is 33.4 Å². The lowest BCUT2D eigenvalue weighted by Gasteiger charge is -2.21. The molecule has 0 aliphatic carbocycles. The van der Waals surface area contributed by atoms with E-state index < -0.39 is 89.8 Å². The van der Waals surface area contributed by atoms with E-state index in [4.69, 9.17) is 29.0 Å². The van der Waals surface area contributed by atoms with E-state index in [1.54, 1.807) is 6.08 Å². The Morgan fingerprint density at radius 2 is 1.25 bits per heavy atom. The maximum absolute atomic E-state index is 12.9. The molecule has 1 saturated heterocycles. The minimum absolute atomic E-state index is 0.0181. The Kier molecular flexibility index (Phi) is 38.1. The zero-order chi connectivity index (χ0) is 55.9. The summed E-state index contributed by atoms with van der Waals surface area (Å²) in [6, 6.07) is 1.24. The fraction of sp³-hybridized carbons (Fsp3) is 0.782. The summed E-state index contributed by atoms with van der Waals surface area (Å²) < 4.78 is 56.9. The molecule has 0 radical (unpaired) electrons. The number of unbranched alkanes of at least 4 members (excludes halogenated alkanes) is 21. The lowest BCUT2D eigenvalue weighted by Crippen LogP contribution is -2.36. The van der Waals surface area contributed by atoms with Gasteiger partial charge in [-0.1, -0.05) is 205 Å². The number of hydrogen-bond donors (Lipinski definition) is 6. The number of phosphoric ester groups is 2. The summed E-state index contributed by atoms with van der Waals surface area (Å²) in [5.74, 6) is -0.499. The van der Waals surface area contributed by atoms with Gasteiger partial charge in [-0.25, -0.2) is 13.9 Å². The number of phosphoric acid groups is 2. The molecule has 76 heavy (non-hydrogen) atoms. The van der Waals surface area contributed by atoms with Crippen LogP contribution in [-0.2, 0) is 46.3 Å². The van der Waals surface area contributed by atoms with Crippen molar-refractivity contribution in [2.45, 2.75) is 250 Å². The lowest BCUT2D eigenvalue weighted by atomic mass is 9.99. The van der Waals surface area contributed by atoms with Crippen molar-refractivity contribution in [1.82, 2.24) is 9.55 Å². The van der Waals surface area contributed by atoms with Crippen molar-refractivity contribution in [3.05, 3.63) is 59.2 Å². The summed E-state index contributed by atoms with van der Waals surface area (Å²) in [6.07, 6.45) is 35.2. The van der Waals surface area contributed by atoms with Crippen LogP contribution in [0.2, 0.25) is 0 Å². The number of carbonyl (C=O) groups is 2. The van der Waals surface area contributed by atoms with Gasteiger partial charge >= 0.3 is 33.3 Å². The smallest absolute Gasteiger partial charge is 0.462 e. The van der Waals surface area contributed by atoms with Crippen LogP contribution in [0.15, 0.2) is 53.5 Å². The summed E-state index contributed by atoms with van der Waals surface area (Å²) in [5, 5.41) is 31.2. The molecule has 0 spiro atoms. The molecule has 1 aliphatic rings. The minimum atomic E-state index is -5.45. The summed E-state index contributed by atoms with van der Waals surface area (Å²) in [6.45, 7) is 4.34. The Labute approximate surface area is 453 Å². The van der Waals surface area contributed by atoms with Crippen LogP contribution in [0.5, 0.6) is 0 Å². The first-order valence-electron chi connectivity index (χ1n) is 28.5. The number of aromatic nitrogens is 2. The van der Waals surface area contributed by atoms with Crippen LogP contribution < -0.4 is 11.4 Å². The molecular weight excluding hydrogens is 1020 g/mol. The van der Waals surface area contributed by atoms with E-state index >= 15 is 0 Å². The molecule has 1 fully saturated rings. The number of esters is 2. The van der Waals surface area contributed by atoms with Gasteiger partial charge in [-0.05, 0) is 44.1 Å². The number of anilines is 1. The second-order valence-electron chi connectivity index (χ2n) is 20.2. The van der Waals surface area contributed by atoms with Crippen molar-refractivity contribution < 1.29 is 71.4 Å². The van der Waals surface area contributed by atoms with Crippen molar-refractivity contribution in [2.75, 3.05) is 25.6 Å². The van der Waals surface area contributed by atoms with E-state index in [0.717, 1.165) is 74.5 Å². The van der Waals surface area contributed by atoms with Crippen molar-refractivity contribution in [3.63, 3.8) is 0 Å². The number of rotatable bonds is 47. The molecule has 0 saturated carbocycles. The van der Waals surface area contributed by atoms with Gasteiger partial charge in [-0.3, -0.25) is 23.2 Å². The Hall–Kier alpha value is -3.06. The minimum Gasteiger partial charge on any atom is -0.462 e. The molecule has 2 rings (SSSR count). The Bertz CT molecular complexity index is 1950. The third kappa shape index (κ3) is 34.1. The number of hydrogen-bond acceptors (Lipinski definition) is 16. The van der Waals surface area contributed by atoms with E-state index in [0.29, 0.717) is 25.7 Å². The number of nitrogen functional groups attached to an aromatic ring is 1. The monoisotopic (exact) mass is 1120 g/mol.